The summed E-state index contributed by atoms with van der Waals surface area (Å²) < 4.78 is 13.1. The molecule has 1 aliphatic rings. The van der Waals surface area contributed by atoms with Gasteiger partial charge in [0.1, 0.15) is 5.82 Å². The zero-order valence-electron chi connectivity index (χ0n) is 13.7. The Morgan fingerprint density at radius 2 is 2.08 bits per heavy atom. The number of aliphatic hydroxyl groups excluding tert-OH is 1. The number of carbonyl (C=O) groups is 1. The summed E-state index contributed by atoms with van der Waals surface area (Å²) in [5.41, 5.74) is 1.74. The first-order chi connectivity index (χ1) is 11.5. The van der Waals surface area contributed by atoms with E-state index in [0.717, 1.165) is 0 Å². The molecule has 2 atom stereocenters. The molecule has 3 rings (SSSR count). The fourth-order valence-corrected chi connectivity index (χ4v) is 3.24. The molecule has 0 aliphatic carbocycles. The Hall–Kier alpha value is -2.25. The summed E-state index contributed by atoms with van der Waals surface area (Å²) in [7, 11) is 3.90. The molecule has 2 aromatic rings. The number of carbonyl (C=O) groups excluding carboxylic acids is 1. The summed E-state index contributed by atoms with van der Waals surface area (Å²) in [5, 5.41) is 16.4. The van der Waals surface area contributed by atoms with Gasteiger partial charge in [0.2, 0.25) is 0 Å². The van der Waals surface area contributed by atoms with Crippen LogP contribution in [0.15, 0.2) is 30.5 Å². The molecule has 0 radical (unpaired) electrons. The quantitative estimate of drug-likeness (QED) is 0.883. The summed E-state index contributed by atoms with van der Waals surface area (Å²) in [6, 6.07) is 6.06. The predicted octanol–water partition coefficient (Wildman–Crippen LogP) is 1.21. The standard InChI is InChI=1S/C17H21FN4O2/c1-21(2)15-9-22(8-12(15)10-23)17(24)14-7-19-20-16(14)11-3-5-13(18)6-4-11/h3-7,12,15,23H,8-10H2,1-2H3,(H,19,20)/t12-,15+/m0/s1. The van der Waals surface area contributed by atoms with Crippen molar-refractivity contribution >= 4 is 5.91 Å². The van der Waals surface area contributed by atoms with Crippen LogP contribution in [-0.2, 0) is 0 Å². The lowest BCUT2D eigenvalue weighted by Crippen LogP contribution is -2.37. The summed E-state index contributed by atoms with van der Waals surface area (Å²) in [6.07, 6.45) is 1.50. The lowest BCUT2D eigenvalue weighted by Gasteiger charge is -2.23. The van der Waals surface area contributed by atoms with E-state index < -0.39 is 0 Å². The molecule has 0 saturated carbocycles. The Labute approximate surface area is 139 Å². The molecule has 1 aromatic carbocycles. The van der Waals surface area contributed by atoms with E-state index in [-0.39, 0.29) is 30.3 Å². The van der Waals surface area contributed by atoms with Gasteiger partial charge in [-0.15, -0.1) is 0 Å². The van der Waals surface area contributed by atoms with Gasteiger partial charge in [0.25, 0.3) is 5.91 Å². The van der Waals surface area contributed by atoms with E-state index in [1.807, 2.05) is 19.0 Å². The topological polar surface area (TPSA) is 72.5 Å². The Kier molecular flexibility index (Phi) is 4.64. The summed E-state index contributed by atoms with van der Waals surface area (Å²) >= 11 is 0. The number of aromatic nitrogens is 2. The van der Waals surface area contributed by atoms with E-state index in [1.54, 1.807) is 17.0 Å². The van der Waals surface area contributed by atoms with Crippen LogP contribution in [0.25, 0.3) is 11.3 Å². The number of likely N-dealkylation sites (N-methyl/N-ethyl adjacent to an activating group) is 1. The number of likely N-dealkylation sites (tertiary alicyclic amines) is 1. The van der Waals surface area contributed by atoms with Crippen LogP contribution in [0, 0.1) is 11.7 Å². The maximum Gasteiger partial charge on any atom is 0.257 e. The van der Waals surface area contributed by atoms with Gasteiger partial charge in [0.05, 0.1) is 17.5 Å². The minimum absolute atomic E-state index is 0.0325. The van der Waals surface area contributed by atoms with Gasteiger partial charge in [-0.1, -0.05) is 0 Å². The van der Waals surface area contributed by atoms with Crippen molar-refractivity contribution in [2.24, 2.45) is 5.92 Å². The number of halogens is 1. The minimum Gasteiger partial charge on any atom is -0.396 e. The lowest BCUT2D eigenvalue weighted by atomic mass is 10.0. The molecular weight excluding hydrogens is 311 g/mol. The molecule has 0 bridgehead atoms. The normalized spacial score (nSPS) is 20.8. The molecule has 2 N–H and O–H groups in total. The monoisotopic (exact) mass is 332 g/mol. The van der Waals surface area contributed by atoms with E-state index in [4.69, 9.17) is 0 Å². The molecule has 0 unspecified atom stereocenters. The highest BCUT2D eigenvalue weighted by atomic mass is 19.1. The molecule has 1 saturated heterocycles. The Balaban J connectivity index is 1.84. The number of nitrogens with zero attached hydrogens (tertiary/aromatic N) is 3. The molecule has 128 valence electrons. The highest BCUT2D eigenvalue weighted by molar-refractivity contribution is 5.99. The molecule has 6 nitrogen and oxygen atoms in total. The van der Waals surface area contributed by atoms with Crippen molar-refractivity contribution in [3.63, 3.8) is 0 Å². The highest BCUT2D eigenvalue weighted by Crippen LogP contribution is 2.26. The number of amides is 1. The molecular formula is C17H21FN4O2. The second-order valence-corrected chi connectivity index (χ2v) is 6.35. The zero-order valence-corrected chi connectivity index (χ0v) is 13.7. The van der Waals surface area contributed by atoms with Crippen molar-refractivity contribution < 1.29 is 14.3 Å². The summed E-state index contributed by atoms with van der Waals surface area (Å²) in [6.45, 7) is 1.11. The van der Waals surface area contributed by atoms with Crippen LogP contribution in [0.3, 0.4) is 0 Å². The van der Waals surface area contributed by atoms with Crippen molar-refractivity contribution in [1.29, 1.82) is 0 Å². The van der Waals surface area contributed by atoms with Gasteiger partial charge < -0.3 is 14.9 Å². The predicted molar refractivity (Wildman–Crippen MR) is 87.9 cm³/mol. The van der Waals surface area contributed by atoms with Crippen LogP contribution >= 0.6 is 0 Å². The van der Waals surface area contributed by atoms with Crippen molar-refractivity contribution in [3.05, 3.63) is 41.8 Å². The third-order valence-electron chi connectivity index (χ3n) is 4.59. The van der Waals surface area contributed by atoms with Crippen LogP contribution in [0.5, 0.6) is 0 Å². The van der Waals surface area contributed by atoms with Crippen molar-refractivity contribution in [1.82, 2.24) is 20.0 Å². The molecule has 1 fully saturated rings. The van der Waals surface area contributed by atoms with Crippen LogP contribution < -0.4 is 0 Å². The number of benzene rings is 1. The second-order valence-electron chi connectivity index (χ2n) is 6.35. The van der Waals surface area contributed by atoms with Crippen LogP contribution in [0.4, 0.5) is 4.39 Å². The number of aliphatic hydroxyl groups is 1. The van der Waals surface area contributed by atoms with Crippen molar-refractivity contribution in [3.8, 4) is 11.3 Å². The average Bonchev–Trinajstić information content (AvgIpc) is 3.22. The SMILES string of the molecule is CN(C)[C@@H]1CN(C(=O)c2cn[nH]c2-c2ccc(F)cc2)C[C@H]1CO. The van der Waals surface area contributed by atoms with E-state index in [0.29, 0.717) is 29.9 Å². The number of rotatable bonds is 4. The van der Waals surface area contributed by atoms with E-state index in [2.05, 4.69) is 10.2 Å². The highest BCUT2D eigenvalue weighted by Gasteiger charge is 2.37. The number of hydrogen-bond donors (Lipinski definition) is 2. The second kappa shape index (κ2) is 6.70. The van der Waals surface area contributed by atoms with Gasteiger partial charge in [0, 0.05) is 37.2 Å². The fraction of sp³-hybridized carbons (Fsp3) is 0.412. The molecule has 2 heterocycles. The van der Waals surface area contributed by atoms with Gasteiger partial charge in [-0.05, 0) is 38.4 Å². The average molecular weight is 332 g/mol. The molecule has 1 aromatic heterocycles. The first kappa shape index (κ1) is 16.6. The lowest BCUT2D eigenvalue weighted by molar-refractivity contribution is 0.0779. The molecule has 1 aliphatic heterocycles. The van der Waals surface area contributed by atoms with Gasteiger partial charge in [-0.25, -0.2) is 4.39 Å². The Morgan fingerprint density at radius 1 is 1.38 bits per heavy atom. The van der Waals surface area contributed by atoms with Gasteiger partial charge in [0.15, 0.2) is 0 Å². The number of nitrogens with one attached hydrogen (secondary N) is 1. The van der Waals surface area contributed by atoms with E-state index >= 15 is 0 Å². The summed E-state index contributed by atoms with van der Waals surface area (Å²) in [5.74, 6) is -0.429. The summed E-state index contributed by atoms with van der Waals surface area (Å²) in [4.78, 5) is 16.7. The first-order valence-electron chi connectivity index (χ1n) is 7.87. The smallest absolute Gasteiger partial charge is 0.257 e. The third kappa shape index (κ3) is 3.05. The van der Waals surface area contributed by atoms with Crippen LogP contribution in [-0.4, -0.2) is 70.8 Å². The van der Waals surface area contributed by atoms with Crippen molar-refractivity contribution in [2.75, 3.05) is 33.8 Å². The number of H-pyrrole nitrogens is 1. The van der Waals surface area contributed by atoms with E-state index in [9.17, 15) is 14.3 Å². The third-order valence-corrected chi connectivity index (χ3v) is 4.59. The maximum absolute atomic E-state index is 13.1. The first-order valence-corrected chi connectivity index (χ1v) is 7.87. The maximum atomic E-state index is 13.1. The van der Waals surface area contributed by atoms with Gasteiger partial charge in [-0.2, -0.15) is 5.10 Å². The Morgan fingerprint density at radius 3 is 2.67 bits per heavy atom. The van der Waals surface area contributed by atoms with Gasteiger partial charge in [-0.3, -0.25) is 9.89 Å². The largest absolute Gasteiger partial charge is 0.396 e. The molecule has 0 spiro atoms. The van der Waals surface area contributed by atoms with Crippen molar-refractivity contribution in [2.45, 2.75) is 6.04 Å². The molecule has 24 heavy (non-hydrogen) atoms. The molecule has 1 amide bonds. The number of hydrogen-bond acceptors (Lipinski definition) is 4. The number of aromatic amines is 1. The van der Waals surface area contributed by atoms with Gasteiger partial charge >= 0.3 is 0 Å². The van der Waals surface area contributed by atoms with E-state index in [1.165, 1.54) is 18.3 Å². The zero-order chi connectivity index (χ0) is 17.3. The minimum atomic E-state index is -0.328. The van der Waals surface area contributed by atoms with Crippen LogP contribution in [0.2, 0.25) is 0 Å². The Bertz CT molecular complexity index is 714. The molecule has 7 heteroatoms. The fourth-order valence-electron chi connectivity index (χ4n) is 3.24. The van der Waals surface area contributed by atoms with Crippen LogP contribution in [0.1, 0.15) is 10.4 Å².